The second kappa shape index (κ2) is 6.46. The minimum atomic E-state index is -3.50. The Hall–Kier alpha value is -0.920. The van der Waals surface area contributed by atoms with E-state index in [9.17, 15) is 8.42 Å². The third kappa shape index (κ3) is 3.84. The largest absolute Gasteiger partial charge is 0.336 e. The summed E-state index contributed by atoms with van der Waals surface area (Å²) in [7, 11) is -3.50. The van der Waals surface area contributed by atoms with Crippen molar-refractivity contribution in [3.8, 4) is 0 Å². The van der Waals surface area contributed by atoms with E-state index < -0.39 is 10.0 Å². The zero-order chi connectivity index (χ0) is 15.6. The average molecular weight is 314 g/mol. The van der Waals surface area contributed by atoms with Gasteiger partial charge in [0.25, 0.3) is 10.0 Å². The number of hydrogen-bond donors (Lipinski definition) is 1. The monoisotopic (exact) mass is 314 g/mol. The molecule has 0 aliphatic carbocycles. The quantitative estimate of drug-likeness (QED) is 0.888. The third-order valence-corrected chi connectivity index (χ3v) is 5.70. The van der Waals surface area contributed by atoms with Crippen LogP contribution in [0, 0.1) is 11.8 Å². The van der Waals surface area contributed by atoms with Gasteiger partial charge >= 0.3 is 0 Å². The number of nitrogens with zero attached hydrogens (tertiary/aromatic N) is 3. The molecule has 2 N–H and O–H groups in total. The molecule has 2 atom stereocenters. The maximum Gasteiger partial charge on any atom is 0.262 e. The highest BCUT2D eigenvalue weighted by Gasteiger charge is 2.32. The molecule has 2 heterocycles. The fourth-order valence-electron chi connectivity index (χ4n) is 2.75. The summed E-state index contributed by atoms with van der Waals surface area (Å²) in [4.78, 5) is 4.09. The summed E-state index contributed by atoms with van der Waals surface area (Å²) in [5.74, 6) is 0.679. The number of rotatable bonds is 5. The second-order valence-electron chi connectivity index (χ2n) is 6.43. The lowest BCUT2D eigenvalue weighted by molar-refractivity contribution is 0.242. The van der Waals surface area contributed by atoms with Crippen molar-refractivity contribution < 1.29 is 8.42 Å². The number of nitrogens with two attached hydrogens (primary N) is 1. The van der Waals surface area contributed by atoms with Crippen molar-refractivity contribution in [3.05, 3.63) is 12.5 Å². The van der Waals surface area contributed by atoms with Gasteiger partial charge in [0.15, 0.2) is 5.03 Å². The lowest BCUT2D eigenvalue weighted by atomic mass is 9.93. The predicted octanol–water partition coefficient (Wildman–Crippen LogP) is 1.29. The average Bonchev–Trinajstić information content (AvgIpc) is 2.87. The summed E-state index contributed by atoms with van der Waals surface area (Å²) in [5.41, 5.74) is 5.93. The first-order chi connectivity index (χ1) is 9.80. The maximum absolute atomic E-state index is 12.7. The van der Waals surface area contributed by atoms with Crippen LogP contribution in [0.2, 0.25) is 0 Å². The Morgan fingerprint density at radius 2 is 2.14 bits per heavy atom. The van der Waals surface area contributed by atoms with E-state index in [4.69, 9.17) is 5.73 Å². The van der Waals surface area contributed by atoms with E-state index in [1.807, 2.05) is 11.5 Å². The van der Waals surface area contributed by atoms with E-state index in [0.717, 1.165) is 19.4 Å². The molecule has 1 saturated heterocycles. The molecule has 7 heteroatoms. The second-order valence-corrected chi connectivity index (χ2v) is 8.31. The summed E-state index contributed by atoms with van der Waals surface area (Å²) in [6, 6.07) is 0.0153. The van der Waals surface area contributed by atoms with Gasteiger partial charge in [0.05, 0.1) is 6.33 Å². The molecule has 0 spiro atoms. The third-order valence-electron chi connectivity index (χ3n) is 3.95. The van der Waals surface area contributed by atoms with Crippen LogP contribution in [0.1, 0.15) is 33.6 Å². The Kier molecular flexibility index (Phi) is 5.06. The van der Waals surface area contributed by atoms with Crippen LogP contribution in [0.15, 0.2) is 17.6 Å². The van der Waals surface area contributed by atoms with Crippen molar-refractivity contribution >= 4 is 10.0 Å². The molecule has 1 aliphatic rings. The van der Waals surface area contributed by atoms with E-state index in [1.165, 1.54) is 4.31 Å². The molecule has 0 amide bonds. The van der Waals surface area contributed by atoms with Crippen molar-refractivity contribution in [1.29, 1.82) is 0 Å². The summed E-state index contributed by atoms with van der Waals surface area (Å²) in [6.45, 7) is 7.95. The van der Waals surface area contributed by atoms with Crippen LogP contribution in [0.25, 0.3) is 0 Å². The normalized spacial score (nSPS) is 22.6. The van der Waals surface area contributed by atoms with Crippen LogP contribution in [0.3, 0.4) is 0 Å². The molecule has 0 bridgehead atoms. The highest BCUT2D eigenvalue weighted by atomic mass is 32.2. The summed E-state index contributed by atoms with van der Waals surface area (Å²) in [5, 5.41) is 0.147. The number of piperidine rings is 1. The first-order valence-corrected chi connectivity index (χ1v) is 9.02. The molecule has 1 fully saturated rings. The van der Waals surface area contributed by atoms with Crippen molar-refractivity contribution in [2.24, 2.45) is 17.6 Å². The molecule has 0 radical (unpaired) electrons. The first-order valence-electron chi connectivity index (χ1n) is 7.58. The topological polar surface area (TPSA) is 81.2 Å². The number of aromatic nitrogens is 2. The van der Waals surface area contributed by atoms with Gasteiger partial charge in [-0.15, -0.1) is 0 Å². The molecule has 2 rings (SSSR count). The lowest BCUT2D eigenvalue weighted by Gasteiger charge is -2.33. The van der Waals surface area contributed by atoms with Crippen molar-refractivity contribution in [2.75, 3.05) is 13.1 Å². The van der Waals surface area contributed by atoms with Crippen LogP contribution in [0.5, 0.6) is 0 Å². The van der Waals surface area contributed by atoms with Crippen LogP contribution in [0.4, 0.5) is 0 Å². The molecule has 2 unspecified atom stereocenters. The van der Waals surface area contributed by atoms with Gasteiger partial charge in [0.2, 0.25) is 0 Å². The fourth-order valence-corrected chi connectivity index (χ4v) is 4.22. The highest BCUT2D eigenvalue weighted by Crippen LogP contribution is 2.24. The van der Waals surface area contributed by atoms with Gasteiger partial charge in [0, 0.05) is 31.9 Å². The SMILES string of the molecule is CC(C)Cn1cnc(S(=O)(=O)N2CCCC(C(C)N)C2)c1. The zero-order valence-electron chi connectivity index (χ0n) is 13.1. The van der Waals surface area contributed by atoms with Crippen LogP contribution >= 0.6 is 0 Å². The van der Waals surface area contributed by atoms with Crippen molar-refractivity contribution in [3.63, 3.8) is 0 Å². The zero-order valence-corrected chi connectivity index (χ0v) is 13.9. The van der Waals surface area contributed by atoms with Crippen molar-refractivity contribution in [1.82, 2.24) is 13.9 Å². The molecule has 0 saturated carbocycles. The van der Waals surface area contributed by atoms with Crippen molar-refractivity contribution in [2.45, 2.75) is 51.2 Å². The van der Waals surface area contributed by atoms with Gasteiger partial charge < -0.3 is 10.3 Å². The molecule has 1 aromatic rings. The molecule has 1 aromatic heterocycles. The summed E-state index contributed by atoms with van der Waals surface area (Å²) in [6.07, 6.45) is 5.08. The Labute approximate surface area is 127 Å². The van der Waals surface area contributed by atoms with Crippen LogP contribution in [-0.4, -0.2) is 41.4 Å². The van der Waals surface area contributed by atoms with Gasteiger partial charge in [0.1, 0.15) is 0 Å². The predicted molar refractivity (Wildman–Crippen MR) is 82.2 cm³/mol. The van der Waals surface area contributed by atoms with E-state index >= 15 is 0 Å². The fraction of sp³-hybridized carbons (Fsp3) is 0.786. The van der Waals surface area contributed by atoms with Gasteiger partial charge in [-0.1, -0.05) is 13.8 Å². The Bertz CT molecular complexity index is 565. The summed E-state index contributed by atoms with van der Waals surface area (Å²) < 4.78 is 28.7. The molecule has 6 nitrogen and oxygen atoms in total. The van der Waals surface area contributed by atoms with Crippen LogP contribution in [-0.2, 0) is 16.6 Å². The minimum Gasteiger partial charge on any atom is -0.336 e. The van der Waals surface area contributed by atoms with Gasteiger partial charge in [-0.25, -0.2) is 13.4 Å². The Morgan fingerprint density at radius 1 is 1.43 bits per heavy atom. The van der Waals surface area contributed by atoms with Gasteiger partial charge in [-0.3, -0.25) is 0 Å². The first kappa shape index (κ1) is 16.5. The lowest BCUT2D eigenvalue weighted by Crippen LogP contribution is -2.45. The number of imidazole rings is 1. The number of sulfonamides is 1. The smallest absolute Gasteiger partial charge is 0.262 e. The Morgan fingerprint density at radius 3 is 2.76 bits per heavy atom. The van der Waals surface area contributed by atoms with E-state index in [1.54, 1.807) is 12.5 Å². The van der Waals surface area contributed by atoms with Gasteiger partial charge in [-0.2, -0.15) is 4.31 Å². The molecular formula is C14H26N4O2S. The van der Waals surface area contributed by atoms with E-state index in [0.29, 0.717) is 19.0 Å². The standard InChI is InChI=1S/C14H26N4O2S/c1-11(2)7-17-9-14(16-10-17)21(19,20)18-6-4-5-13(8-18)12(3)15/h9-13H,4-8,15H2,1-3H3. The number of hydrogen-bond acceptors (Lipinski definition) is 4. The maximum atomic E-state index is 12.7. The summed E-state index contributed by atoms with van der Waals surface area (Å²) >= 11 is 0. The Balaban J connectivity index is 2.15. The minimum absolute atomic E-state index is 0.0153. The molecular weight excluding hydrogens is 288 g/mol. The van der Waals surface area contributed by atoms with E-state index in [2.05, 4.69) is 18.8 Å². The van der Waals surface area contributed by atoms with E-state index in [-0.39, 0.29) is 17.0 Å². The molecule has 21 heavy (non-hydrogen) atoms. The van der Waals surface area contributed by atoms with Gasteiger partial charge in [-0.05, 0) is 31.6 Å². The molecule has 120 valence electrons. The van der Waals surface area contributed by atoms with Crippen LogP contribution < -0.4 is 5.73 Å². The highest BCUT2D eigenvalue weighted by molar-refractivity contribution is 7.89. The molecule has 0 aromatic carbocycles. The molecule has 1 aliphatic heterocycles.